The largest absolute Gasteiger partial charge is 0.300 e. The van der Waals surface area contributed by atoms with Crippen LogP contribution in [0, 0.1) is 11.8 Å². The Morgan fingerprint density at radius 1 is 1.10 bits per heavy atom. The number of benzene rings is 1. The molecule has 1 aromatic rings. The topological polar surface area (TPSA) is 40.6 Å². The van der Waals surface area contributed by atoms with Crippen LogP contribution in [-0.4, -0.2) is 36.3 Å². The van der Waals surface area contributed by atoms with Gasteiger partial charge in [-0.05, 0) is 30.4 Å². The average Bonchev–Trinajstić information content (AvgIpc) is 2.64. The Morgan fingerprint density at radius 3 is 2.45 bits per heavy atom. The lowest BCUT2D eigenvalue weighted by molar-refractivity contribution is -0.114. The van der Waals surface area contributed by atoms with Gasteiger partial charge < -0.3 is 0 Å². The van der Waals surface area contributed by atoms with Gasteiger partial charge in [-0.25, -0.2) is 0 Å². The molecule has 0 N–H and O–H groups in total. The number of fused-ring (bicyclic) bond motifs is 1. The first-order valence-electron chi connectivity index (χ1n) is 7.24. The minimum Gasteiger partial charge on any atom is -0.291 e. The van der Waals surface area contributed by atoms with Crippen molar-refractivity contribution < 1.29 is 9.59 Å². The van der Waals surface area contributed by atoms with Gasteiger partial charge in [0, 0.05) is 13.1 Å². The number of nitrogens with zero attached hydrogens (tertiary/aromatic N) is 2. The molecule has 0 bridgehead atoms. The first kappa shape index (κ1) is 13.3. The highest BCUT2D eigenvalue weighted by molar-refractivity contribution is 6.52. The van der Waals surface area contributed by atoms with Crippen molar-refractivity contribution >= 4 is 17.4 Å². The number of ketones is 1. The van der Waals surface area contributed by atoms with Crippen LogP contribution in [-0.2, 0) is 4.79 Å². The van der Waals surface area contributed by atoms with Crippen molar-refractivity contribution in [1.82, 2.24) is 4.90 Å². The van der Waals surface area contributed by atoms with Crippen molar-refractivity contribution in [2.75, 3.05) is 24.7 Å². The normalized spacial score (nSPS) is 27.0. The molecule has 2 atom stereocenters. The predicted octanol–water partition coefficient (Wildman–Crippen LogP) is 2.15. The first-order chi connectivity index (χ1) is 9.56. The Morgan fingerprint density at radius 2 is 1.75 bits per heavy atom. The molecule has 1 aromatic carbocycles. The van der Waals surface area contributed by atoms with E-state index in [2.05, 4.69) is 18.7 Å². The number of amides is 1. The van der Waals surface area contributed by atoms with Gasteiger partial charge in [-0.1, -0.05) is 26.0 Å². The van der Waals surface area contributed by atoms with E-state index >= 15 is 0 Å². The standard InChI is InChI=1S/C16H20N2O2/c1-11-7-12(2)9-17(8-11)10-18-14-6-4-3-5-13(14)15(19)16(18)20/h3-6,11-12H,7-10H2,1-2H3/t11-,12-/m0/s1. The molecule has 2 aliphatic heterocycles. The molecule has 0 radical (unpaired) electrons. The summed E-state index contributed by atoms with van der Waals surface area (Å²) < 4.78 is 0. The number of hydrogen-bond donors (Lipinski definition) is 0. The predicted molar refractivity (Wildman–Crippen MR) is 77.6 cm³/mol. The van der Waals surface area contributed by atoms with Gasteiger partial charge in [0.2, 0.25) is 0 Å². The SMILES string of the molecule is C[C@H]1C[C@H](C)CN(CN2C(=O)C(=O)c3ccccc32)C1. The van der Waals surface area contributed by atoms with Gasteiger partial charge in [0.05, 0.1) is 17.9 Å². The van der Waals surface area contributed by atoms with Crippen LogP contribution in [0.5, 0.6) is 0 Å². The summed E-state index contributed by atoms with van der Waals surface area (Å²) in [6.45, 7) is 6.99. The van der Waals surface area contributed by atoms with Crippen LogP contribution >= 0.6 is 0 Å². The highest BCUT2D eigenvalue weighted by Gasteiger charge is 2.37. The van der Waals surface area contributed by atoms with Crippen molar-refractivity contribution in [2.45, 2.75) is 20.3 Å². The fourth-order valence-electron chi connectivity index (χ4n) is 3.50. The molecule has 0 unspecified atom stereocenters. The number of carbonyl (C=O) groups excluding carboxylic acids is 2. The number of carbonyl (C=O) groups is 2. The monoisotopic (exact) mass is 272 g/mol. The van der Waals surface area contributed by atoms with Gasteiger partial charge in [0.25, 0.3) is 5.78 Å². The van der Waals surface area contributed by atoms with Crippen LogP contribution in [0.25, 0.3) is 0 Å². The molecule has 2 heterocycles. The van der Waals surface area contributed by atoms with E-state index < -0.39 is 5.91 Å². The van der Waals surface area contributed by atoms with E-state index in [-0.39, 0.29) is 5.78 Å². The lowest BCUT2D eigenvalue weighted by atomic mass is 9.92. The van der Waals surface area contributed by atoms with Crippen LogP contribution in [0.4, 0.5) is 5.69 Å². The number of anilines is 1. The first-order valence-corrected chi connectivity index (χ1v) is 7.24. The van der Waals surface area contributed by atoms with Crippen molar-refractivity contribution in [1.29, 1.82) is 0 Å². The second kappa shape index (κ2) is 5.02. The summed E-state index contributed by atoms with van der Waals surface area (Å²) in [4.78, 5) is 28.0. The van der Waals surface area contributed by atoms with Crippen molar-refractivity contribution in [3.05, 3.63) is 29.8 Å². The summed E-state index contributed by atoms with van der Waals surface area (Å²) in [5, 5.41) is 0. The van der Waals surface area contributed by atoms with Crippen LogP contribution < -0.4 is 4.90 Å². The molecule has 1 saturated heterocycles. The highest BCUT2D eigenvalue weighted by atomic mass is 16.2. The van der Waals surface area contributed by atoms with Gasteiger partial charge >= 0.3 is 5.91 Å². The molecular formula is C16H20N2O2. The average molecular weight is 272 g/mol. The lowest BCUT2D eigenvalue weighted by Gasteiger charge is -2.37. The van der Waals surface area contributed by atoms with Gasteiger partial charge in [0.1, 0.15) is 0 Å². The second-order valence-electron chi connectivity index (χ2n) is 6.20. The van der Waals surface area contributed by atoms with E-state index in [4.69, 9.17) is 0 Å². The van der Waals surface area contributed by atoms with Crippen LogP contribution in [0.1, 0.15) is 30.6 Å². The van der Waals surface area contributed by atoms with Crippen molar-refractivity contribution in [3.8, 4) is 0 Å². The highest BCUT2D eigenvalue weighted by Crippen LogP contribution is 2.30. The van der Waals surface area contributed by atoms with E-state index in [9.17, 15) is 9.59 Å². The van der Waals surface area contributed by atoms with Crippen molar-refractivity contribution in [3.63, 3.8) is 0 Å². The molecule has 0 spiro atoms. The third kappa shape index (κ3) is 2.24. The molecule has 4 nitrogen and oxygen atoms in total. The Balaban J connectivity index is 1.81. The molecule has 2 aliphatic rings. The lowest BCUT2D eigenvalue weighted by Crippen LogP contribution is -2.47. The molecule has 0 aromatic heterocycles. The zero-order valence-corrected chi connectivity index (χ0v) is 12.0. The number of piperidine rings is 1. The van der Waals surface area contributed by atoms with Crippen molar-refractivity contribution in [2.24, 2.45) is 11.8 Å². The Bertz CT molecular complexity index is 545. The molecular weight excluding hydrogens is 252 g/mol. The summed E-state index contributed by atoms with van der Waals surface area (Å²) in [6, 6.07) is 7.27. The van der Waals surface area contributed by atoms with Gasteiger partial charge in [-0.3, -0.25) is 19.4 Å². The minimum absolute atomic E-state index is 0.376. The van der Waals surface area contributed by atoms with E-state index in [1.54, 1.807) is 17.0 Å². The molecule has 1 fully saturated rings. The summed E-state index contributed by atoms with van der Waals surface area (Å²) in [7, 11) is 0. The van der Waals surface area contributed by atoms with Gasteiger partial charge in [-0.2, -0.15) is 0 Å². The summed E-state index contributed by atoms with van der Waals surface area (Å²) in [6.07, 6.45) is 1.24. The molecule has 20 heavy (non-hydrogen) atoms. The third-order valence-electron chi connectivity index (χ3n) is 4.16. The minimum atomic E-state index is -0.392. The number of hydrogen-bond acceptors (Lipinski definition) is 3. The zero-order chi connectivity index (χ0) is 14.3. The molecule has 3 rings (SSSR count). The fraction of sp³-hybridized carbons (Fsp3) is 0.500. The smallest absolute Gasteiger partial charge is 0.291 e. The molecule has 1 amide bonds. The van der Waals surface area contributed by atoms with E-state index in [1.165, 1.54) is 6.42 Å². The molecule has 106 valence electrons. The zero-order valence-electron chi connectivity index (χ0n) is 12.0. The fourth-order valence-corrected chi connectivity index (χ4v) is 3.50. The summed E-state index contributed by atoms with van der Waals surface area (Å²) in [5.41, 5.74) is 1.30. The van der Waals surface area contributed by atoms with E-state index in [0.29, 0.717) is 24.1 Å². The maximum absolute atomic E-state index is 12.1. The van der Waals surface area contributed by atoms with Gasteiger partial charge in [-0.15, -0.1) is 0 Å². The van der Waals surface area contributed by atoms with Crippen LogP contribution in [0.3, 0.4) is 0 Å². The second-order valence-corrected chi connectivity index (χ2v) is 6.20. The maximum atomic E-state index is 12.1. The van der Waals surface area contributed by atoms with Gasteiger partial charge in [0.15, 0.2) is 0 Å². The quantitative estimate of drug-likeness (QED) is 0.775. The number of likely N-dealkylation sites (tertiary alicyclic amines) is 1. The number of rotatable bonds is 2. The molecule has 0 saturated carbocycles. The van der Waals surface area contributed by atoms with Crippen LogP contribution in [0.15, 0.2) is 24.3 Å². The van der Waals surface area contributed by atoms with E-state index in [0.717, 1.165) is 18.8 Å². The summed E-state index contributed by atoms with van der Waals surface area (Å²) in [5.74, 6) is 0.514. The van der Waals surface area contributed by atoms with E-state index in [1.807, 2.05) is 12.1 Å². The maximum Gasteiger partial charge on any atom is 0.300 e. The number of para-hydroxylation sites is 1. The number of Topliss-reactive ketones (excluding diaryl/α,β-unsaturated/α-hetero) is 1. The summed E-state index contributed by atoms with van der Waals surface area (Å²) >= 11 is 0. The molecule has 0 aliphatic carbocycles. The Kier molecular flexibility index (Phi) is 3.34. The van der Waals surface area contributed by atoms with Crippen LogP contribution in [0.2, 0.25) is 0 Å². The Labute approximate surface area is 119 Å². The third-order valence-corrected chi connectivity index (χ3v) is 4.16. The molecule has 4 heteroatoms. The Hall–Kier alpha value is -1.68.